The summed E-state index contributed by atoms with van der Waals surface area (Å²) in [6.45, 7) is 1.70. The maximum atomic E-state index is 13.3. The highest BCUT2D eigenvalue weighted by molar-refractivity contribution is 9.10. The van der Waals surface area contributed by atoms with Gasteiger partial charge in [-0.05, 0) is 66.9 Å². The topological polar surface area (TPSA) is 66.5 Å². The van der Waals surface area contributed by atoms with E-state index in [9.17, 15) is 13.2 Å². The highest BCUT2D eigenvalue weighted by atomic mass is 79.9. The van der Waals surface area contributed by atoms with E-state index in [1.54, 1.807) is 30.3 Å². The summed E-state index contributed by atoms with van der Waals surface area (Å²) >= 11 is 9.29. The number of sulfonamides is 1. The predicted octanol–water partition coefficient (Wildman–Crippen LogP) is 5.28. The van der Waals surface area contributed by atoms with Gasteiger partial charge in [0.1, 0.15) is 0 Å². The summed E-state index contributed by atoms with van der Waals surface area (Å²) < 4.78 is 28.5. The summed E-state index contributed by atoms with van der Waals surface area (Å²) in [7, 11) is -3.86. The molecule has 0 aromatic heterocycles. The number of hydrogen-bond donors (Lipinski definition) is 1. The quantitative estimate of drug-likeness (QED) is 0.438. The summed E-state index contributed by atoms with van der Waals surface area (Å²) in [5.41, 5.74) is 2.39. The first-order chi connectivity index (χ1) is 14.8. The first-order valence-corrected chi connectivity index (χ1v) is 12.2. The van der Waals surface area contributed by atoms with Gasteiger partial charge in [-0.2, -0.15) is 4.31 Å². The number of benzene rings is 3. The van der Waals surface area contributed by atoms with E-state index in [0.717, 1.165) is 15.6 Å². The smallest absolute Gasteiger partial charge is 0.243 e. The maximum absolute atomic E-state index is 13.3. The number of carbonyl (C=O) groups excluding carboxylic acids is 1. The lowest BCUT2D eigenvalue weighted by Crippen LogP contribution is -2.39. The molecule has 0 bridgehead atoms. The Labute approximate surface area is 196 Å². The van der Waals surface area contributed by atoms with Crippen molar-refractivity contribution in [3.63, 3.8) is 0 Å². The highest BCUT2D eigenvalue weighted by Crippen LogP contribution is 2.21. The second-order valence-electron chi connectivity index (χ2n) is 7.04. The molecule has 3 rings (SSSR count). The number of anilines is 1. The number of aryl methyl sites for hydroxylation is 1. The summed E-state index contributed by atoms with van der Waals surface area (Å²) in [5.74, 6) is -0.417. The van der Waals surface area contributed by atoms with Crippen molar-refractivity contribution in [2.75, 3.05) is 18.4 Å². The molecule has 0 heterocycles. The fourth-order valence-corrected chi connectivity index (χ4v) is 4.94. The molecule has 3 aromatic carbocycles. The van der Waals surface area contributed by atoms with Crippen LogP contribution in [0.3, 0.4) is 0 Å². The van der Waals surface area contributed by atoms with Gasteiger partial charge in [0.05, 0.1) is 11.4 Å². The van der Waals surface area contributed by atoms with E-state index in [4.69, 9.17) is 11.6 Å². The maximum Gasteiger partial charge on any atom is 0.243 e. The molecule has 0 saturated carbocycles. The standard InChI is InChI=1S/C23H22BrClN2O3S/c1-17-15-20(25)9-12-22(17)26-23(28)16-27(14-13-18-5-3-2-4-6-18)31(29,30)21-10-7-19(24)8-11-21/h2-12,15H,13-14,16H2,1H3,(H,26,28). The van der Waals surface area contributed by atoms with Crippen molar-refractivity contribution >= 4 is 49.1 Å². The molecule has 0 fully saturated rings. The first-order valence-electron chi connectivity index (χ1n) is 9.61. The molecule has 0 spiro atoms. The Morgan fingerprint density at radius 3 is 2.35 bits per heavy atom. The van der Waals surface area contributed by atoms with E-state index < -0.39 is 15.9 Å². The van der Waals surface area contributed by atoms with E-state index in [1.165, 1.54) is 16.4 Å². The van der Waals surface area contributed by atoms with Crippen molar-refractivity contribution in [2.45, 2.75) is 18.2 Å². The number of hydrogen-bond acceptors (Lipinski definition) is 3. The average Bonchev–Trinajstić information content (AvgIpc) is 2.74. The fourth-order valence-electron chi connectivity index (χ4n) is 3.06. The van der Waals surface area contributed by atoms with Crippen molar-refractivity contribution < 1.29 is 13.2 Å². The van der Waals surface area contributed by atoms with Gasteiger partial charge in [-0.3, -0.25) is 4.79 Å². The molecule has 3 aromatic rings. The van der Waals surface area contributed by atoms with Crippen molar-refractivity contribution in [3.8, 4) is 0 Å². The Balaban J connectivity index is 1.82. The summed E-state index contributed by atoms with van der Waals surface area (Å²) in [6, 6.07) is 21.1. The second-order valence-corrected chi connectivity index (χ2v) is 10.3. The van der Waals surface area contributed by atoms with Gasteiger partial charge >= 0.3 is 0 Å². The van der Waals surface area contributed by atoms with Crippen LogP contribution in [0.1, 0.15) is 11.1 Å². The van der Waals surface area contributed by atoms with E-state index in [-0.39, 0.29) is 18.0 Å². The molecule has 0 aliphatic rings. The Morgan fingerprint density at radius 2 is 1.71 bits per heavy atom. The van der Waals surface area contributed by atoms with Gasteiger partial charge in [0.25, 0.3) is 0 Å². The van der Waals surface area contributed by atoms with Gasteiger partial charge in [-0.1, -0.05) is 57.9 Å². The molecular weight excluding hydrogens is 500 g/mol. The van der Waals surface area contributed by atoms with Gasteiger partial charge in [-0.15, -0.1) is 0 Å². The summed E-state index contributed by atoms with van der Waals surface area (Å²) in [5, 5.41) is 3.35. The molecule has 8 heteroatoms. The van der Waals surface area contributed by atoms with E-state index in [1.807, 2.05) is 37.3 Å². The lowest BCUT2D eigenvalue weighted by molar-refractivity contribution is -0.116. The molecule has 0 aliphatic heterocycles. The molecule has 0 radical (unpaired) electrons. The lowest BCUT2D eigenvalue weighted by Gasteiger charge is -2.22. The van der Waals surface area contributed by atoms with E-state index in [2.05, 4.69) is 21.2 Å². The molecular formula is C23H22BrClN2O3S. The monoisotopic (exact) mass is 520 g/mol. The van der Waals surface area contributed by atoms with Crippen molar-refractivity contribution in [2.24, 2.45) is 0 Å². The molecule has 5 nitrogen and oxygen atoms in total. The molecule has 162 valence electrons. The van der Waals surface area contributed by atoms with Crippen LogP contribution in [0, 0.1) is 6.92 Å². The molecule has 1 N–H and O–H groups in total. The summed E-state index contributed by atoms with van der Waals surface area (Å²) in [6.07, 6.45) is 0.490. The van der Waals surface area contributed by atoms with Crippen LogP contribution in [0.5, 0.6) is 0 Å². The average molecular weight is 522 g/mol. The molecule has 0 saturated heterocycles. The molecule has 0 aliphatic carbocycles. The first kappa shape index (κ1) is 23.5. The highest BCUT2D eigenvalue weighted by Gasteiger charge is 2.26. The number of carbonyl (C=O) groups is 1. The third kappa shape index (κ3) is 6.40. The summed E-state index contributed by atoms with van der Waals surface area (Å²) in [4.78, 5) is 12.9. The number of halogens is 2. The van der Waals surface area contributed by atoms with Gasteiger partial charge in [0.15, 0.2) is 0 Å². The Kier molecular flexibility index (Phi) is 7.89. The van der Waals surface area contributed by atoms with Crippen molar-refractivity contribution in [1.29, 1.82) is 0 Å². The van der Waals surface area contributed by atoms with Gasteiger partial charge < -0.3 is 5.32 Å². The zero-order chi connectivity index (χ0) is 22.4. The number of amides is 1. The van der Waals surface area contributed by atoms with Crippen LogP contribution in [-0.4, -0.2) is 31.7 Å². The van der Waals surface area contributed by atoms with Crippen LogP contribution in [0.15, 0.2) is 82.2 Å². The SMILES string of the molecule is Cc1cc(Cl)ccc1NC(=O)CN(CCc1ccccc1)S(=O)(=O)c1ccc(Br)cc1. The molecule has 1 amide bonds. The Bertz CT molecular complexity index is 1150. The van der Waals surface area contributed by atoms with Crippen LogP contribution in [-0.2, 0) is 21.2 Å². The van der Waals surface area contributed by atoms with Gasteiger partial charge in [-0.25, -0.2) is 8.42 Å². The Hall–Kier alpha value is -2.19. The zero-order valence-corrected chi connectivity index (χ0v) is 20.0. The largest absolute Gasteiger partial charge is 0.325 e. The fraction of sp³-hybridized carbons (Fsp3) is 0.174. The normalized spacial score (nSPS) is 11.5. The van der Waals surface area contributed by atoms with E-state index in [0.29, 0.717) is 17.1 Å². The second kappa shape index (κ2) is 10.4. The Morgan fingerprint density at radius 1 is 1.03 bits per heavy atom. The van der Waals surface area contributed by atoms with Crippen LogP contribution in [0.25, 0.3) is 0 Å². The number of nitrogens with zero attached hydrogens (tertiary/aromatic N) is 1. The van der Waals surface area contributed by atoms with Crippen molar-refractivity contribution in [1.82, 2.24) is 4.31 Å². The van der Waals surface area contributed by atoms with Crippen LogP contribution < -0.4 is 5.32 Å². The third-order valence-electron chi connectivity index (χ3n) is 4.73. The molecule has 0 atom stereocenters. The van der Waals surface area contributed by atoms with Crippen molar-refractivity contribution in [3.05, 3.63) is 93.4 Å². The van der Waals surface area contributed by atoms with Crippen LogP contribution in [0.2, 0.25) is 5.02 Å². The minimum Gasteiger partial charge on any atom is -0.325 e. The molecule has 31 heavy (non-hydrogen) atoms. The lowest BCUT2D eigenvalue weighted by atomic mass is 10.1. The van der Waals surface area contributed by atoms with Gasteiger partial charge in [0.2, 0.25) is 15.9 Å². The van der Waals surface area contributed by atoms with Gasteiger partial charge in [0, 0.05) is 21.7 Å². The number of rotatable bonds is 8. The minimum absolute atomic E-state index is 0.138. The predicted molar refractivity (Wildman–Crippen MR) is 128 cm³/mol. The van der Waals surface area contributed by atoms with Crippen LogP contribution in [0.4, 0.5) is 5.69 Å². The third-order valence-corrected chi connectivity index (χ3v) is 7.35. The minimum atomic E-state index is -3.86. The molecule has 0 unspecified atom stereocenters. The zero-order valence-electron chi connectivity index (χ0n) is 16.9. The van der Waals surface area contributed by atoms with E-state index >= 15 is 0 Å². The van der Waals surface area contributed by atoms with Crippen LogP contribution >= 0.6 is 27.5 Å². The number of nitrogens with one attached hydrogen (secondary N) is 1.